The zero-order valence-electron chi connectivity index (χ0n) is 9.40. The molecule has 0 saturated heterocycles. The molecule has 0 amide bonds. The fourth-order valence-corrected chi connectivity index (χ4v) is 2.26. The molecular weight excluding hydrogens is 190 g/mol. The minimum atomic E-state index is -0.504. The van der Waals surface area contributed by atoms with Crippen LogP contribution >= 0.6 is 0 Å². The predicted molar refractivity (Wildman–Crippen MR) is 58.2 cm³/mol. The Hall–Kier alpha value is -0.870. The van der Waals surface area contributed by atoms with E-state index in [1.807, 2.05) is 20.0 Å². The van der Waals surface area contributed by atoms with Crippen LogP contribution in [0.15, 0.2) is 6.07 Å². The van der Waals surface area contributed by atoms with Gasteiger partial charge in [0, 0.05) is 24.7 Å². The molecule has 1 aliphatic rings. The lowest BCUT2D eigenvalue weighted by molar-refractivity contribution is -0.0324. The number of hydrogen-bond donors (Lipinski definition) is 2. The van der Waals surface area contributed by atoms with Crippen molar-refractivity contribution >= 4 is 0 Å². The Morgan fingerprint density at radius 1 is 1.67 bits per heavy atom. The SMILES string of the molecule is Cc1cc([C@@H](O)C2(CN)CCC2)nn1C. The largest absolute Gasteiger partial charge is 0.386 e. The third-order valence-corrected chi connectivity index (χ3v) is 3.75. The van der Waals surface area contributed by atoms with Crippen LogP contribution in [0.5, 0.6) is 0 Å². The van der Waals surface area contributed by atoms with E-state index in [1.165, 1.54) is 6.42 Å². The summed E-state index contributed by atoms with van der Waals surface area (Å²) in [4.78, 5) is 0. The molecule has 1 aromatic rings. The summed E-state index contributed by atoms with van der Waals surface area (Å²) >= 11 is 0. The number of aliphatic hydroxyl groups is 1. The summed E-state index contributed by atoms with van der Waals surface area (Å²) in [6.45, 7) is 2.53. The first-order valence-corrected chi connectivity index (χ1v) is 5.48. The molecule has 84 valence electrons. The molecule has 4 heteroatoms. The van der Waals surface area contributed by atoms with Crippen LogP contribution in [0.2, 0.25) is 0 Å². The van der Waals surface area contributed by atoms with Gasteiger partial charge in [-0.3, -0.25) is 4.68 Å². The van der Waals surface area contributed by atoms with Crippen molar-refractivity contribution in [3.8, 4) is 0 Å². The molecule has 1 heterocycles. The maximum absolute atomic E-state index is 10.3. The van der Waals surface area contributed by atoms with Crippen molar-refractivity contribution in [3.63, 3.8) is 0 Å². The fraction of sp³-hybridized carbons (Fsp3) is 0.727. The molecule has 1 atom stereocenters. The van der Waals surface area contributed by atoms with Gasteiger partial charge in [-0.05, 0) is 25.8 Å². The topological polar surface area (TPSA) is 64.1 Å². The average molecular weight is 209 g/mol. The summed E-state index contributed by atoms with van der Waals surface area (Å²) < 4.78 is 1.79. The standard InChI is InChI=1S/C11H19N3O/c1-8-6-9(13-14(8)2)10(15)11(7-12)4-3-5-11/h6,10,15H,3-5,7,12H2,1-2H3/t10-/m1/s1. The van der Waals surface area contributed by atoms with Crippen LogP contribution in [-0.4, -0.2) is 21.4 Å². The summed E-state index contributed by atoms with van der Waals surface area (Å²) in [5.74, 6) is 0. The summed E-state index contributed by atoms with van der Waals surface area (Å²) in [7, 11) is 1.89. The summed E-state index contributed by atoms with van der Waals surface area (Å²) in [6, 6.07) is 1.94. The van der Waals surface area contributed by atoms with Crippen LogP contribution in [0.25, 0.3) is 0 Å². The number of hydrogen-bond acceptors (Lipinski definition) is 3. The summed E-state index contributed by atoms with van der Waals surface area (Å²) in [6.07, 6.45) is 2.69. The number of rotatable bonds is 3. The Labute approximate surface area is 90.1 Å². The van der Waals surface area contributed by atoms with Crippen molar-refractivity contribution in [3.05, 3.63) is 17.5 Å². The first-order chi connectivity index (χ1) is 7.09. The molecule has 0 bridgehead atoms. The van der Waals surface area contributed by atoms with Crippen molar-refractivity contribution in [1.29, 1.82) is 0 Å². The van der Waals surface area contributed by atoms with Gasteiger partial charge in [0.1, 0.15) is 6.10 Å². The third-order valence-electron chi connectivity index (χ3n) is 3.75. The molecule has 0 spiro atoms. The van der Waals surface area contributed by atoms with Crippen molar-refractivity contribution in [1.82, 2.24) is 9.78 Å². The summed E-state index contributed by atoms with van der Waals surface area (Å²) in [5, 5.41) is 14.6. The van der Waals surface area contributed by atoms with Gasteiger partial charge >= 0.3 is 0 Å². The van der Waals surface area contributed by atoms with Crippen LogP contribution in [-0.2, 0) is 7.05 Å². The van der Waals surface area contributed by atoms with Crippen LogP contribution < -0.4 is 5.73 Å². The second-order valence-corrected chi connectivity index (χ2v) is 4.66. The Morgan fingerprint density at radius 2 is 2.33 bits per heavy atom. The van der Waals surface area contributed by atoms with Gasteiger partial charge in [0.05, 0.1) is 5.69 Å². The number of aromatic nitrogens is 2. The van der Waals surface area contributed by atoms with Gasteiger partial charge in [-0.15, -0.1) is 0 Å². The van der Waals surface area contributed by atoms with Gasteiger partial charge < -0.3 is 10.8 Å². The van der Waals surface area contributed by atoms with E-state index >= 15 is 0 Å². The van der Waals surface area contributed by atoms with Gasteiger partial charge in [0.25, 0.3) is 0 Å². The van der Waals surface area contributed by atoms with E-state index in [4.69, 9.17) is 5.73 Å². The molecule has 0 radical (unpaired) electrons. The van der Waals surface area contributed by atoms with Gasteiger partial charge in [-0.2, -0.15) is 5.10 Å². The maximum Gasteiger partial charge on any atom is 0.105 e. The van der Waals surface area contributed by atoms with Crippen molar-refractivity contribution in [2.45, 2.75) is 32.3 Å². The molecule has 0 aromatic carbocycles. The molecule has 0 unspecified atom stereocenters. The second kappa shape index (κ2) is 3.61. The minimum Gasteiger partial charge on any atom is -0.386 e. The van der Waals surface area contributed by atoms with Crippen molar-refractivity contribution < 1.29 is 5.11 Å². The van der Waals surface area contributed by atoms with Crippen LogP contribution in [0.1, 0.15) is 36.8 Å². The molecule has 3 N–H and O–H groups in total. The molecule has 1 saturated carbocycles. The Kier molecular flexibility index (Phi) is 2.56. The highest BCUT2D eigenvalue weighted by Gasteiger charge is 2.43. The second-order valence-electron chi connectivity index (χ2n) is 4.66. The van der Waals surface area contributed by atoms with Crippen molar-refractivity contribution in [2.24, 2.45) is 18.2 Å². The van der Waals surface area contributed by atoms with Gasteiger partial charge in [0.15, 0.2) is 0 Å². The number of aryl methyl sites for hydroxylation is 2. The van der Waals surface area contributed by atoms with Crippen molar-refractivity contribution in [2.75, 3.05) is 6.54 Å². The smallest absolute Gasteiger partial charge is 0.105 e. The molecule has 1 aliphatic carbocycles. The highest BCUT2D eigenvalue weighted by Crippen LogP contribution is 2.49. The van der Waals surface area contributed by atoms with E-state index in [9.17, 15) is 5.11 Å². The minimum absolute atomic E-state index is 0.110. The fourth-order valence-electron chi connectivity index (χ4n) is 2.26. The van der Waals surface area contributed by atoms with E-state index in [0.717, 1.165) is 24.2 Å². The molecule has 0 aliphatic heterocycles. The van der Waals surface area contributed by atoms with E-state index in [2.05, 4.69) is 5.10 Å². The maximum atomic E-state index is 10.3. The Bertz CT molecular complexity index is 330. The normalized spacial score (nSPS) is 21.1. The van der Waals surface area contributed by atoms with E-state index in [1.54, 1.807) is 4.68 Å². The van der Waals surface area contributed by atoms with Gasteiger partial charge in [-0.1, -0.05) is 6.42 Å². The summed E-state index contributed by atoms with van der Waals surface area (Å²) in [5.41, 5.74) is 7.48. The van der Waals surface area contributed by atoms with E-state index < -0.39 is 6.10 Å². The lowest BCUT2D eigenvalue weighted by atomic mass is 9.64. The molecular formula is C11H19N3O. The third kappa shape index (κ3) is 1.58. The van der Waals surface area contributed by atoms with Crippen LogP contribution in [0, 0.1) is 12.3 Å². The molecule has 15 heavy (non-hydrogen) atoms. The highest BCUT2D eigenvalue weighted by molar-refractivity contribution is 5.15. The highest BCUT2D eigenvalue weighted by atomic mass is 16.3. The predicted octanol–water partition coefficient (Wildman–Crippen LogP) is 0.891. The molecule has 4 nitrogen and oxygen atoms in total. The van der Waals surface area contributed by atoms with E-state index in [0.29, 0.717) is 6.54 Å². The van der Waals surface area contributed by atoms with Crippen LogP contribution in [0.3, 0.4) is 0 Å². The molecule has 1 aromatic heterocycles. The molecule has 1 fully saturated rings. The molecule has 2 rings (SSSR count). The number of aliphatic hydroxyl groups excluding tert-OH is 1. The average Bonchev–Trinajstić information content (AvgIpc) is 2.46. The Morgan fingerprint density at radius 3 is 2.67 bits per heavy atom. The van der Waals surface area contributed by atoms with Crippen LogP contribution in [0.4, 0.5) is 0 Å². The quantitative estimate of drug-likeness (QED) is 0.777. The zero-order chi connectivity index (χ0) is 11.1. The Balaban J connectivity index is 2.23. The van der Waals surface area contributed by atoms with Gasteiger partial charge in [0.2, 0.25) is 0 Å². The van der Waals surface area contributed by atoms with Gasteiger partial charge in [-0.25, -0.2) is 0 Å². The van der Waals surface area contributed by atoms with E-state index in [-0.39, 0.29) is 5.41 Å². The lowest BCUT2D eigenvalue weighted by Gasteiger charge is -2.44. The zero-order valence-corrected chi connectivity index (χ0v) is 9.40. The first-order valence-electron chi connectivity index (χ1n) is 5.48. The number of nitrogens with zero attached hydrogens (tertiary/aromatic N) is 2. The number of nitrogens with two attached hydrogens (primary N) is 1. The monoisotopic (exact) mass is 209 g/mol. The lowest BCUT2D eigenvalue weighted by Crippen LogP contribution is -2.42. The first kappa shape index (κ1) is 10.6.